The number of allylic oxidation sites excluding steroid dienone is 2. The van der Waals surface area contributed by atoms with Gasteiger partial charge in [-0.3, -0.25) is 14.9 Å². The number of anilines is 1. The molecule has 2 heterocycles. The van der Waals surface area contributed by atoms with Gasteiger partial charge in [-0.2, -0.15) is 0 Å². The highest BCUT2D eigenvalue weighted by atomic mass is 16.6. The molecule has 1 saturated heterocycles. The fraction of sp³-hybridized carbons (Fsp3) is 0.367. The molecule has 42 heavy (non-hydrogen) atoms. The second-order valence-corrected chi connectivity index (χ2v) is 9.91. The summed E-state index contributed by atoms with van der Waals surface area (Å²) in [5.41, 5.74) is 2.00. The van der Waals surface area contributed by atoms with Crippen LogP contribution in [0, 0.1) is 10.1 Å². The highest BCUT2D eigenvalue weighted by molar-refractivity contribution is 6.00. The molecule has 1 fully saturated rings. The molecule has 2 aliphatic rings. The van der Waals surface area contributed by atoms with Gasteiger partial charge in [0.25, 0.3) is 5.69 Å². The molecule has 0 aliphatic carbocycles. The number of nitrogens with zero attached hydrogens (tertiary/aromatic N) is 1. The lowest BCUT2D eigenvalue weighted by Crippen LogP contribution is -2.33. The van der Waals surface area contributed by atoms with E-state index in [0.717, 1.165) is 12.8 Å². The molecule has 4 rings (SSSR count). The van der Waals surface area contributed by atoms with E-state index in [1.54, 1.807) is 44.2 Å². The highest BCUT2D eigenvalue weighted by Crippen LogP contribution is 2.40. The number of carbonyl (C=O) groups excluding carboxylic acids is 3. The summed E-state index contributed by atoms with van der Waals surface area (Å²) in [4.78, 5) is 49.1. The Morgan fingerprint density at radius 1 is 1.02 bits per heavy atom. The van der Waals surface area contributed by atoms with E-state index in [1.807, 2.05) is 0 Å². The topological polar surface area (TPSA) is 155 Å². The number of ether oxygens (including phenoxy) is 4. The number of hydrogen-bond acceptors (Lipinski definition) is 10. The van der Waals surface area contributed by atoms with Crippen molar-refractivity contribution in [3.8, 4) is 5.75 Å². The molecule has 12 heteroatoms. The van der Waals surface area contributed by atoms with E-state index in [2.05, 4.69) is 10.6 Å². The third-order valence-corrected chi connectivity index (χ3v) is 6.80. The first kappa shape index (κ1) is 30.3. The van der Waals surface area contributed by atoms with Crippen LogP contribution in [-0.4, -0.2) is 55.3 Å². The van der Waals surface area contributed by atoms with Crippen molar-refractivity contribution in [3.05, 3.63) is 86.7 Å². The van der Waals surface area contributed by atoms with Crippen LogP contribution in [-0.2, 0) is 28.6 Å². The zero-order chi connectivity index (χ0) is 30.2. The van der Waals surface area contributed by atoms with Crippen molar-refractivity contribution >= 4 is 29.2 Å². The second-order valence-electron chi connectivity index (χ2n) is 9.91. The van der Waals surface area contributed by atoms with Crippen molar-refractivity contribution in [1.29, 1.82) is 0 Å². The van der Waals surface area contributed by atoms with E-state index in [1.165, 1.54) is 25.1 Å². The number of carbonyl (C=O) groups is 3. The van der Waals surface area contributed by atoms with E-state index < -0.39 is 22.8 Å². The first-order chi connectivity index (χ1) is 20.1. The smallest absolute Gasteiger partial charge is 0.336 e. The number of rotatable bonds is 11. The number of dihydropyridines is 1. The first-order valence-electron chi connectivity index (χ1n) is 13.5. The Kier molecular flexibility index (Phi) is 9.92. The van der Waals surface area contributed by atoms with Gasteiger partial charge in [-0.1, -0.05) is 12.1 Å². The van der Waals surface area contributed by atoms with Gasteiger partial charge in [-0.25, -0.2) is 9.59 Å². The molecule has 0 bridgehead atoms. The van der Waals surface area contributed by atoms with E-state index in [0.29, 0.717) is 35.0 Å². The Labute approximate surface area is 242 Å². The maximum absolute atomic E-state index is 13.5. The molecule has 12 nitrogen and oxygen atoms in total. The summed E-state index contributed by atoms with van der Waals surface area (Å²) in [6, 6.07) is 12.5. The Hall–Kier alpha value is -4.71. The summed E-state index contributed by atoms with van der Waals surface area (Å²) < 4.78 is 22.3. The average molecular weight is 580 g/mol. The van der Waals surface area contributed by atoms with Gasteiger partial charge in [0.05, 0.1) is 28.1 Å². The summed E-state index contributed by atoms with van der Waals surface area (Å²) >= 11 is 0. The molecule has 0 radical (unpaired) electrons. The van der Waals surface area contributed by atoms with Crippen molar-refractivity contribution in [2.24, 2.45) is 0 Å². The van der Waals surface area contributed by atoms with Crippen molar-refractivity contribution in [3.63, 3.8) is 0 Å². The Bertz CT molecular complexity index is 1410. The van der Waals surface area contributed by atoms with Crippen LogP contribution in [0.1, 0.15) is 45.1 Å². The van der Waals surface area contributed by atoms with Gasteiger partial charge < -0.3 is 29.6 Å². The second kappa shape index (κ2) is 13.8. The van der Waals surface area contributed by atoms with Gasteiger partial charge in [-0.15, -0.1) is 0 Å². The lowest BCUT2D eigenvalue weighted by molar-refractivity contribution is -0.384. The molecule has 0 saturated carbocycles. The van der Waals surface area contributed by atoms with E-state index in [4.69, 9.17) is 18.9 Å². The molecule has 1 amide bonds. The predicted molar refractivity (Wildman–Crippen MR) is 152 cm³/mol. The van der Waals surface area contributed by atoms with Crippen molar-refractivity contribution in [2.75, 3.05) is 31.7 Å². The first-order valence-corrected chi connectivity index (χ1v) is 13.5. The van der Waals surface area contributed by atoms with Crippen LogP contribution in [0.25, 0.3) is 0 Å². The molecule has 0 aromatic heterocycles. The molecule has 222 valence electrons. The minimum absolute atomic E-state index is 0.0393. The number of amides is 1. The van der Waals surface area contributed by atoms with E-state index in [9.17, 15) is 24.5 Å². The summed E-state index contributed by atoms with van der Waals surface area (Å²) in [5.74, 6) is -2.02. The zero-order valence-electron chi connectivity index (χ0n) is 23.6. The monoisotopic (exact) mass is 579 g/mol. The van der Waals surface area contributed by atoms with Gasteiger partial charge in [0.15, 0.2) is 0 Å². The minimum atomic E-state index is -0.974. The third kappa shape index (κ3) is 7.52. The number of hydrogen-bond donors (Lipinski definition) is 2. The molecule has 2 atom stereocenters. The fourth-order valence-electron chi connectivity index (χ4n) is 4.92. The Morgan fingerprint density at radius 3 is 2.33 bits per heavy atom. The maximum Gasteiger partial charge on any atom is 0.336 e. The van der Waals surface area contributed by atoms with Crippen molar-refractivity contribution < 1.29 is 38.3 Å². The van der Waals surface area contributed by atoms with Crippen LogP contribution in [0.15, 0.2) is 71.1 Å². The van der Waals surface area contributed by atoms with Crippen LogP contribution in [0.2, 0.25) is 0 Å². The van der Waals surface area contributed by atoms with E-state index in [-0.39, 0.29) is 48.7 Å². The summed E-state index contributed by atoms with van der Waals surface area (Å²) in [6.45, 7) is 5.37. The molecule has 0 unspecified atom stereocenters. The SMILES string of the molecule is CC(=O)Nc1ccc(OCCOC(=O)C2=C(C)NC(C)=C(C(=O)OC[C@@H]3CCCO3)[C@H]2c2cccc([N+](=O)[O-])c2)cc1. The van der Waals surface area contributed by atoms with Gasteiger partial charge >= 0.3 is 11.9 Å². The summed E-state index contributed by atoms with van der Waals surface area (Å²) in [7, 11) is 0. The molecular formula is C30H33N3O9. The number of esters is 2. The predicted octanol–water partition coefficient (Wildman–Crippen LogP) is 4.13. The number of non-ortho nitro benzene ring substituents is 1. The molecule has 2 N–H and O–H groups in total. The van der Waals surface area contributed by atoms with Crippen LogP contribution in [0.4, 0.5) is 11.4 Å². The maximum atomic E-state index is 13.5. The molecule has 2 aromatic rings. The highest BCUT2D eigenvalue weighted by Gasteiger charge is 2.39. The Morgan fingerprint density at radius 2 is 1.71 bits per heavy atom. The van der Waals surface area contributed by atoms with Gasteiger partial charge in [0.1, 0.15) is 25.6 Å². The van der Waals surface area contributed by atoms with Gasteiger partial charge in [0, 0.05) is 42.7 Å². The quantitative estimate of drug-likeness (QED) is 0.172. The summed E-state index contributed by atoms with van der Waals surface area (Å²) in [5, 5.41) is 17.3. The lowest BCUT2D eigenvalue weighted by atomic mass is 9.80. The lowest BCUT2D eigenvalue weighted by Gasteiger charge is -2.30. The fourth-order valence-corrected chi connectivity index (χ4v) is 4.92. The van der Waals surface area contributed by atoms with Crippen LogP contribution >= 0.6 is 0 Å². The summed E-state index contributed by atoms with van der Waals surface area (Å²) in [6.07, 6.45) is 1.45. The number of nitro groups is 1. The van der Waals surface area contributed by atoms with Crippen LogP contribution < -0.4 is 15.4 Å². The average Bonchev–Trinajstić information content (AvgIpc) is 3.48. The van der Waals surface area contributed by atoms with E-state index >= 15 is 0 Å². The molecule has 2 aliphatic heterocycles. The third-order valence-electron chi connectivity index (χ3n) is 6.80. The van der Waals surface area contributed by atoms with Gasteiger partial charge in [0.2, 0.25) is 5.91 Å². The molecule has 0 spiro atoms. The number of benzene rings is 2. The molecular weight excluding hydrogens is 546 g/mol. The normalized spacial score (nSPS) is 18.3. The van der Waals surface area contributed by atoms with Crippen LogP contribution in [0.5, 0.6) is 5.75 Å². The van der Waals surface area contributed by atoms with Gasteiger partial charge in [-0.05, 0) is 56.5 Å². The standard InChI is InChI=1S/C30H33N3O9/c1-18-26(29(35)41-15-14-40-24-11-9-22(10-12-24)32-20(3)34)28(21-6-4-7-23(16-21)33(37)38)27(19(2)31-18)30(36)42-17-25-8-5-13-39-25/h4,6-7,9-12,16,25,28,31H,5,8,13-15,17H2,1-3H3,(H,32,34)/t25-,28-/m0/s1. The number of nitrogens with one attached hydrogen (secondary N) is 2. The minimum Gasteiger partial charge on any atom is -0.490 e. The zero-order valence-corrected chi connectivity index (χ0v) is 23.6. The largest absolute Gasteiger partial charge is 0.490 e. The molecule has 2 aromatic carbocycles. The van der Waals surface area contributed by atoms with Crippen molar-refractivity contribution in [2.45, 2.75) is 45.6 Å². The van der Waals surface area contributed by atoms with Crippen molar-refractivity contribution in [1.82, 2.24) is 5.32 Å². The van der Waals surface area contributed by atoms with Crippen LogP contribution in [0.3, 0.4) is 0 Å². The Balaban J connectivity index is 1.51. The number of nitro benzene ring substituents is 1.